The molecule has 1 aliphatic rings. The predicted molar refractivity (Wildman–Crippen MR) is 126 cm³/mol. The zero-order chi connectivity index (χ0) is 24.9. The maximum atomic E-state index is 13.0. The van der Waals surface area contributed by atoms with Gasteiger partial charge >= 0.3 is 5.97 Å². The van der Waals surface area contributed by atoms with Crippen molar-refractivity contribution in [1.82, 2.24) is 9.62 Å². The second-order valence-corrected chi connectivity index (χ2v) is 10.8. The summed E-state index contributed by atoms with van der Waals surface area (Å²) >= 11 is 0. The number of nitrogens with one attached hydrogen (secondary N) is 1. The Hall–Kier alpha value is -2.78. The van der Waals surface area contributed by atoms with Gasteiger partial charge in [0.1, 0.15) is 5.82 Å². The van der Waals surface area contributed by atoms with Crippen LogP contribution in [0.15, 0.2) is 53.4 Å². The molecule has 1 amide bonds. The van der Waals surface area contributed by atoms with Crippen molar-refractivity contribution in [3.63, 3.8) is 0 Å². The predicted octanol–water partition coefficient (Wildman–Crippen LogP) is 3.77. The van der Waals surface area contributed by atoms with E-state index < -0.39 is 34.4 Å². The number of carbonyl (C=O) groups excluding carboxylic acids is 2. The van der Waals surface area contributed by atoms with E-state index in [-0.39, 0.29) is 29.8 Å². The minimum atomic E-state index is -3.63. The molecule has 1 aliphatic heterocycles. The molecule has 34 heavy (non-hydrogen) atoms. The van der Waals surface area contributed by atoms with Crippen molar-refractivity contribution in [2.45, 2.75) is 50.5 Å². The molecule has 0 spiro atoms. The number of halogens is 1. The number of amides is 1. The number of rotatable bonds is 8. The average Bonchev–Trinajstić information content (AvgIpc) is 2.83. The number of nitrogens with zero attached hydrogens (tertiary/aromatic N) is 1. The van der Waals surface area contributed by atoms with E-state index in [2.05, 4.69) is 5.32 Å². The van der Waals surface area contributed by atoms with Crippen molar-refractivity contribution in [2.24, 2.45) is 5.92 Å². The molecule has 2 aromatic carbocycles. The fraction of sp³-hybridized carbons (Fsp3) is 0.440. The Labute approximate surface area is 200 Å². The summed E-state index contributed by atoms with van der Waals surface area (Å²) in [5.74, 6) is -1.49. The number of hydrogen-bond donors (Lipinski definition) is 1. The molecule has 3 rings (SSSR count). The van der Waals surface area contributed by atoms with Gasteiger partial charge in [-0.1, -0.05) is 38.1 Å². The summed E-state index contributed by atoms with van der Waals surface area (Å²) < 4.78 is 45.5. The van der Waals surface area contributed by atoms with E-state index in [4.69, 9.17) is 4.74 Å². The zero-order valence-electron chi connectivity index (χ0n) is 19.7. The molecule has 0 aromatic heterocycles. The van der Waals surface area contributed by atoms with Gasteiger partial charge in [0, 0.05) is 13.1 Å². The second kappa shape index (κ2) is 11.1. The van der Waals surface area contributed by atoms with E-state index in [0.717, 1.165) is 11.1 Å². The summed E-state index contributed by atoms with van der Waals surface area (Å²) in [7, 11) is -3.63. The lowest BCUT2D eigenvalue weighted by Crippen LogP contribution is -2.41. The number of carbonyl (C=O) groups is 2. The van der Waals surface area contributed by atoms with Crippen LogP contribution in [0.1, 0.15) is 56.7 Å². The van der Waals surface area contributed by atoms with Gasteiger partial charge in [-0.25, -0.2) is 12.8 Å². The third kappa shape index (κ3) is 6.42. The smallest absolute Gasteiger partial charge is 0.309 e. The fourth-order valence-corrected chi connectivity index (χ4v) is 5.35. The molecule has 1 saturated heterocycles. The lowest BCUT2D eigenvalue weighted by molar-refractivity contribution is -0.153. The van der Waals surface area contributed by atoms with Gasteiger partial charge in [0.15, 0.2) is 6.61 Å². The Morgan fingerprint density at radius 3 is 2.12 bits per heavy atom. The Bertz CT molecular complexity index is 1090. The quantitative estimate of drug-likeness (QED) is 0.569. The van der Waals surface area contributed by atoms with Gasteiger partial charge in [-0.15, -0.1) is 0 Å². The van der Waals surface area contributed by atoms with E-state index in [1.807, 2.05) is 26.0 Å². The standard InChI is InChI=1S/C25H31FN2O5S/c1-17(2)19-6-10-23(11-7-19)34(31,32)28-14-12-21(13-15-28)25(30)33-16-24(29)27-18(3)20-4-8-22(26)9-5-20/h4-11,17-18,21H,12-16H2,1-3H3,(H,27,29). The molecule has 184 valence electrons. The molecular formula is C25H31FN2O5S. The van der Waals surface area contributed by atoms with Gasteiger partial charge in [0.05, 0.1) is 16.9 Å². The van der Waals surface area contributed by atoms with E-state index in [1.54, 1.807) is 31.2 Å². The third-order valence-electron chi connectivity index (χ3n) is 6.06. The number of benzene rings is 2. The Morgan fingerprint density at radius 2 is 1.56 bits per heavy atom. The number of hydrogen-bond acceptors (Lipinski definition) is 5. The highest BCUT2D eigenvalue weighted by Crippen LogP contribution is 2.26. The highest BCUT2D eigenvalue weighted by Gasteiger charge is 2.33. The highest BCUT2D eigenvalue weighted by atomic mass is 32.2. The molecule has 1 atom stereocenters. The van der Waals surface area contributed by atoms with Crippen LogP contribution in [0.5, 0.6) is 0 Å². The Balaban J connectivity index is 1.46. The van der Waals surface area contributed by atoms with Gasteiger partial charge in [-0.2, -0.15) is 4.31 Å². The van der Waals surface area contributed by atoms with Crippen LogP contribution in [0.4, 0.5) is 4.39 Å². The number of ether oxygens (including phenoxy) is 1. The van der Waals surface area contributed by atoms with Crippen molar-refractivity contribution in [3.8, 4) is 0 Å². The second-order valence-electron chi connectivity index (χ2n) is 8.85. The van der Waals surface area contributed by atoms with Crippen LogP contribution in [-0.2, 0) is 24.3 Å². The zero-order valence-corrected chi connectivity index (χ0v) is 20.5. The first-order valence-electron chi connectivity index (χ1n) is 11.4. The van der Waals surface area contributed by atoms with E-state index in [0.29, 0.717) is 18.8 Å². The van der Waals surface area contributed by atoms with Crippen molar-refractivity contribution in [1.29, 1.82) is 0 Å². The number of sulfonamides is 1. The first-order valence-corrected chi connectivity index (χ1v) is 12.8. The van der Waals surface area contributed by atoms with E-state index >= 15 is 0 Å². The molecule has 9 heteroatoms. The first kappa shape index (κ1) is 25.8. The van der Waals surface area contributed by atoms with Gasteiger partial charge in [-0.05, 0) is 61.1 Å². The molecule has 7 nitrogen and oxygen atoms in total. The third-order valence-corrected chi connectivity index (χ3v) is 7.98. The molecule has 1 unspecified atom stereocenters. The number of piperidine rings is 1. The van der Waals surface area contributed by atoms with E-state index in [9.17, 15) is 22.4 Å². The van der Waals surface area contributed by atoms with E-state index in [1.165, 1.54) is 16.4 Å². The lowest BCUT2D eigenvalue weighted by atomic mass is 9.98. The van der Waals surface area contributed by atoms with Crippen LogP contribution in [0.25, 0.3) is 0 Å². The van der Waals surface area contributed by atoms with Gasteiger partial charge in [-0.3, -0.25) is 9.59 Å². The Morgan fingerprint density at radius 1 is 1.00 bits per heavy atom. The molecule has 0 bridgehead atoms. The summed E-state index contributed by atoms with van der Waals surface area (Å²) in [6.07, 6.45) is 0.658. The first-order chi connectivity index (χ1) is 16.1. The monoisotopic (exact) mass is 490 g/mol. The van der Waals surface area contributed by atoms with Crippen molar-refractivity contribution < 1.29 is 27.1 Å². The maximum absolute atomic E-state index is 13.0. The van der Waals surface area contributed by atoms with Crippen LogP contribution >= 0.6 is 0 Å². The summed E-state index contributed by atoms with van der Waals surface area (Å²) in [6.45, 7) is 5.83. The van der Waals surface area contributed by atoms with Crippen LogP contribution in [0, 0.1) is 11.7 Å². The highest BCUT2D eigenvalue weighted by molar-refractivity contribution is 7.89. The molecule has 0 saturated carbocycles. The molecule has 0 radical (unpaired) electrons. The summed E-state index contributed by atoms with van der Waals surface area (Å²) in [4.78, 5) is 24.8. The molecule has 1 heterocycles. The van der Waals surface area contributed by atoms with Gasteiger partial charge in [0.25, 0.3) is 5.91 Å². The van der Waals surface area contributed by atoms with Crippen LogP contribution in [0.2, 0.25) is 0 Å². The minimum absolute atomic E-state index is 0.210. The van der Waals surface area contributed by atoms with Gasteiger partial charge in [0.2, 0.25) is 10.0 Å². The Kier molecular flexibility index (Phi) is 8.43. The summed E-state index contributed by atoms with van der Waals surface area (Å²) in [5.41, 5.74) is 1.80. The van der Waals surface area contributed by atoms with Crippen molar-refractivity contribution >= 4 is 21.9 Å². The van der Waals surface area contributed by atoms with Crippen molar-refractivity contribution in [3.05, 3.63) is 65.5 Å². The summed E-state index contributed by atoms with van der Waals surface area (Å²) in [5, 5.41) is 2.70. The minimum Gasteiger partial charge on any atom is -0.455 e. The topological polar surface area (TPSA) is 92.8 Å². The molecule has 2 aromatic rings. The van der Waals surface area contributed by atoms with Gasteiger partial charge < -0.3 is 10.1 Å². The molecule has 0 aliphatic carbocycles. The maximum Gasteiger partial charge on any atom is 0.309 e. The normalized spacial score (nSPS) is 16.3. The number of esters is 1. The molecule has 1 fully saturated rings. The molecule has 1 N–H and O–H groups in total. The SMILES string of the molecule is CC(C)c1ccc(S(=O)(=O)N2CCC(C(=O)OCC(=O)NC(C)c3ccc(F)cc3)CC2)cc1. The lowest BCUT2D eigenvalue weighted by Gasteiger charge is -2.30. The van der Waals surface area contributed by atoms with Crippen LogP contribution < -0.4 is 5.32 Å². The van der Waals surface area contributed by atoms with Crippen molar-refractivity contribution in [2.75, 3.05) is 19.7 Å². The van der Waals surface area contributed by atoms with Crippen LogP contribution in [0.3, 0.4) is 0 Å². The summed E-state index contributed by atoms with van der Waals surface area (Å²) in [6, 6.07) is 12.3. The van der Waals surface area contributed by atoms with Crippen LogP contribution in [-0.4, -0.2) is 44.3 Å². The molecular weight excluding hydrogens is 459 g/mol. The fourth-order valence-electron chi connectivity index (χ4n) is 3.88. The largest absolute Gasteiger partial charge is 0.455 e. The average molecular weight is 491 g/mol.